The third-order valence-corrected chi connectivity index (χ3v) is 3.22. The van der Waals surface area contributed by atoms with Crippen molar-refractivity contribution in [2.45, 2.75) is 39.7 Å². The molecule has 0 radical (unpaired) electrons. The largest absolute Gasteiger partial charge is 0.457 e. The molecule has 0 bridgehead atoms. The average Bonchev–Trinajstić information content (AvgIpc) is 2.50. The van der Waals surface area contributed by atoms with Crippen molar-refractivity contribution >= 4 is 0 Å². The lowest BCUT2D eigenvalue weighted by Gasteiger charge is -2.08. The summed E-state index contributed by atoms with van der Waals surface area (Å²) in [5.74, 6) is 1.70. The first kappa shape index (κ1) is 15.5. The predicted molar refractivity (Wildman–Crippen MR) is 86.7 cm³/mol. The summed E-state index contributed by atoms with van der Waals surface area (Å²) in [6, 6.07) is 12.2. The maximum Gasteiger partial charge on any atom is 0.130 e. The van der Waals surface area contributed by atoms with Crippen LogP contribution >= 0.6 is 0 Å². The molecular formula is C18H24N2O. The quantitative estimate of drug-likeness (QED) is 0.733. The van der Waals surface area contributed by atoms with Crippen molar-refractivity contribution in [2.24, 2.45) is 0 Å². The molecule has 21 heavy (non-hydrogen) atoms. The van der Waals surface area contributed by atoms with Crippen LogP contribution in [0.2, 0.25) is 0 Å². The molecule has 0 fully saturated rings. The van der Waals surface area contributed by atoms with Crippen molar-refractivity contribution in [3.63, 3.8) is 0 Å². The highest BCUT2D eigenvalue weighted by Gasteiger charge is 2.01. The standard InChI is InChI=1S/C18H24N2O/c1-3-5-15-6-8-17(9-7-15)21-18-10-12-20-16(13-18)14-19-11-4-2/h6-10,12-13,19H,3-5,11,14H2,1-2H3. The number of aryl methyl sites for hydroxylation is 1. The van der Waals surface area contributed by atoms with Gasteiger partial charge in [0.2, 0.25) is 0 Å². The van der Waals surface area contributed by atoms with E-state index in [2.05, 4.69) is 36.3 Å². The van der Waals surface area contributed by atoms with Gasteiger partial charge < -0.3 is 10.1 Å². The van der Waals surface area contributed by atoms with Crippen molar-refractivity contribution < 1.29 is 4.74 Å². The number of rotatable bonds is 8. The van der Waals surface area contributed by atoms with E-state index in [1.807, 2.05) is 24.3 Å². The Bertz CT molecular complexity index is 537. The van der Waals surface area contributed by atoms with Crippen LogP contribution in [0.15, 0.2) is 42.6 Å². The van der Waals surface area contributed by atoms with Crippen LogP contribution in [0, 0.1) is 0 Å². The molecule has 0 amide bonds. The number of nitrogens with one attached hydrogen (secondary N) is 1. The van der Waals surface area contributed by atoms with Crippen LogP contribution in [-0.4, -0.2) is 11.5 Å². The molecular weight excluding hydrogens is 260 g/mol. The second-order valence-corrected chi connectivity index (χ2v) is 5.16. The lowest BCUT2D eigenvalue weighted by Crippen LogP contribution is -2.14. The summed E-state index contributed by atoms with van der Waals surface area (Å²) < 4.78 is 5.89. The number of ether oxygens (including phenoxy) is 1. The summed E-state index contributed by atoms with van der Waals surface area (Å²) in [6.45, 7) is 6.13. The first-order valence-corrected chi connectivity index (χ1v) is 7.74. The zero-order valence-corrected chi connectivity index (χ0v) is 12.9. The minimum Gasteiger partial charge on any atom is -0.457 e. The van der Waals surface area contributed by atoms with Gasteiger partial charge in [-0.3, -0.25) is 4.98 Å². The molecule has 2 rings (SSSR count). The van der Waals surface area contributed by atoms with E-state index in [0.717, 1.165) is 43.1 Å². The maximum absolute atomic E-state index is 5.89. The van der Waals surface area contributed by atoms with Crippen molar-refractivity contribution in [3.05, 3.63) is 53.9 Å². The fourth-order valence-corrected chi connectivity index (χ4v) is 2.16. The van der Waals surface area contributed by atoms with E-state index in [4.69, 9.17) is 4.74 Å². The molecule has 2 aromatic rings. The van der Waals surface area contributed by atoms with Crippen LogP contribution in [0.3, 0.4) is 0 Å². The molecule has 3 nitrogen and oxygen atoms in total. The molecule has 0 unspecified atom stereocenters. The fourth-order valence-electron chi connectivity index (χ4n) is 2.16. The van der Waals surface area contributed by atoms with Gasteiger partial charge in [-0.25, -0.2) is 0 Å². The first-order chi connectivity index (χ1) is 10.3. The van der Waals surface area contributed by atoms with E-state index in [-0.39, 0.29) is 0 Å². The molecule has 0 aliphatic carbocycles. The minimum atomic E-state index is 0.778. The van der Waals surface area contributed by atoms with Crippen molar-refractivity contribution in [1.29, 1.82) is 0 Å². The van der Waals surface area contributed by atoms with Gasteiger partial charge >= 0.3 is 0 Å². The molecule has 0 atom stereocenters. The van der Waals surface area contributed by atoms with Crippen LogP contribution < -0.4 is 10.1 Å². The Kier molecular flexibility index (Phi) is 6.22. The van der Waals surface area contributed by atoms with Gasteiger partial charge in [-0.05, 0) is 43.1 Å². The predicted octanol–water partition coefficient (Wildman–Crippen LogP) is 4.33. The maximum atomic E-state index is 5.89. The smallest absolute Gasteiger partial charge is 0.130 e. The Labute approximate surface area is 127 Å². The number of aromatic nitrogens is 1. The molecule has 1 N–H and O–H groups in total. The molecule has 1 aromatic carbocycles. The molecule has 0 saturated heterocycles. The van der Waals surface area contributed by atoms with Crippen molar-refractivity contribution in [2.75, 3.05) is 6.54 Å². The Morgan fingerprint density at radius 2 is 1.81 bits per heavy atom. The van der Waals surface area contributed by atoms with Gasteiger partial charge in [0.15, 0.2) is 0 Å². The van der Waals surface area contributed by atoms with E-state index in [9.17, 15) is 0 Å². The van der Waals surface area contributed by atoms with Gasteiger partial charge in [-0.2, -0.15) is 0 Å². The summed E-state index contributed by atoms with van der Waals surface area (Å²) in [7, 11) is 0. The van der Waals surface area contributed by atoms with E-state index >= 15 is 0 Å². The van der Waals surface area contributed by atoms with Crippen molar-refractivity contribution in [1.82, 2.24) is 10.3 Å². The molecule has 1 aromatic heterocycles. The van der Waals surface area contributed by atoms with Gasteiger partial charge in [-0.1, -0.05) is 32.4 Å². The molecule has 0 aliphatic heterocycles. The summed E-state index contributed by atoms with van der Waals surface area (Å²) in [4.78, 5) is 4.35. The first-order valence-electron chi connectivity index (χ1n) is 7.74. The molecule has 1 heterocycles. The number of hydrogen-bond donors (Lipinski definition) is 1. The van der Waals surface area contributed by atoms with Crippen LogP contribution in [-0.2, 0) is 13.0 Å². The van der Waals surface area contributed by atoms with Crippen LogP contribution in [0.25, 0.3) is 0 Å². The molecule has 0 spiro atoms. The summed E-state index contributed by atoms with van der Waals surface area (Å²) >= 11 is 0. The Balaban J connectivity index is 1.96. The lowest BCUT2D eigenvalue weighted by atomic mass is 10.1. The van der Waals surface area contributed by atoms with Gasteiger partial charge in [0.25, 0.3) is 0 Å². The van der Waals surface area contributed by atoms with Gasteiger partial charge in [-0.15, -0.1) is 0 Å². The van der Waals surface area contributed by atoms with Gasteiger partial charge in [0, 0.05) is 18.8 Å². The van der Waals surface area contributed by atoms with Gasteiger partial charge in [0.1, 0.15) is 11.5 Å². The highest BCUT2D eigenvalue weighted by molar-refractivity contribution is 5.33. The monoisotopic (exact) mass is 284 g/mol. The van der Waals surface area contributed by atoms with Crippen LogP contribution in [0.5, 0.6) is 11.5 Å². The normalized spacial score (nSPS) is 10.6. The Morgan fingerprint density at radius 1 is 1.00 bits per heavy atom. The van der Waals surface area contributed by atoms with E-state index in [1.165, 1.54) is 12.0 Å². The molecule has 0 saturated carbocycles. The number of benzene rings is 1. The van der Waals surface area contributed by atoms with Crippen molar-refractivity contribution in [3.8, 4) is 11.5 Å². The Morgan fingerprint density at radius 3 is 2.52 bits per heavy atom. The molecule has 3 heteroatoms. The average molecular weight is 284 g/mol. The SMILES string of the molecule is CCCNCc1cc(Oc2ccc(CCC)cc2)ccn1. The number of pyridine rings is 1. The third-order valence-electron chi connectivity index (χ3n) is 3.22. The fraction of sp³-hybridized carbons (Fsp3) is 0.389. The van der Waals surface area contributed by atoms with E-state index < -0.39 is 0 Å². The molecule has 0 aliphatic rings. The second kappa shape index (κ2) is 8.42. The van der Waals surface area contributed by atoms with E-state index in [1.54, 1.807) is 6.20 Å². The summed E-state index contributed by atoms with van der Waals surface area (Å²) in [5, 5.41) is 3.35. The highest BCUT2D eigenvalue weighted by Crippen LogP contribution is 2.22. The van der Waals surface area contributed by atoms with E-state index in [0.29, 0.717) is 0 Å². The number of hydrogen-bond acceptors (Lipinski definition) is 3. The number of nitrogens with zero attached hydrogens (tertiary/aromatic N) is 1. The lowest BCUT2D eigenvalue weighted by molar-refractivity contribution is 0.480. The summed E-state index contributed by atoms with van der Waals surface area (Å²) in [6.07, 6.45) is 5.20. The van der Waals surface area contributed by atoms with Crippen LogP contribution in [0.4, 0.5) is 0 Å². The summed E-state index contributed by atoms with van der Waals surface area (Å²) in [5.41, 5.74) is 2.35. The second-order valence-electron chi connectivity index (χ2n) is 5.16. The Hall–Kier alpha value is -1.87. The van der Waals surface area contributed by atoms with Gasteiger partial charge in [0.05, 0.1) is 5.69 Å². The highest BCUT2D eigenvalue weighted by atomic mass is 16.5. The molecule has 112 valence electrons. The minimum absolute atomic E-state index is 0.778. The van der Waals surface area contributed by atoms with Crippen LogP contribution in [0.1, 0.15) is 37.9 Å². The topological polar surface area (TPSA) is 34.1 Å². The third kappa shape index (κ3) is 5.20. The zero-order valence-electron chi connectivity index (χ0n) is 12.9. The zero-order chi connectivity index (χ0) is 14.9.